The number of hydrogen-bond acceptors (Lipinski definition) is 5. The first kappa shape index (κ1) is 15.3. The Morgan fingerprint density at radius 3 is 2.78 bits per heavy atom. The molecule has 0 saturated carbocycles. The number of ether oxygens (including phenoxy) is 2. The van der Waals surface area contributed by atoms with Crippen molar-refractivity contribution in [2.75, 3.05) is 13.2 Å². The number of aryl methyl sites for hydroxylation is 2. The molecule has 2 N–H and O–H groups in total. The summed E-state index contributed by atoms with van der Waals surface area (Å²) in [5.74, 6) is 1.13. The Kier molecular flexibility index (Phi) is 4.43. The summed E-state index contributed by atoms with van der Waals surface area (Å²) in [6, 6.07) is 9.50. The molecule has 1 atom stereocenters. The van der Waals surface area contributed by atoms with Gasteiger partial charge in [-0.2, -0.15) is 5.10 Å². The van der Waals surface area contributed by atoms with Crippen molar-refractivity contribution < 1.29 is 14.6 Å². The fourth-order valence-corrected chi connectivity index (χ4v) is 2.19. The summed E-state index contributed by atoms with van der Waals surface area (Å²) in [6.07, 6.45) is 1.10. The van der Waals surface area contributed by atoms with Gasteiger partial charge in [0.15, 0.2) is 0 Å². The minimum atomic E-state index is -0.757. The van der Waals surface area contributed by atoms with Crippen LogP contribution in [0.15, 0.2) is 36.5 Å². The first-order chi connectivity index (χ1) is 11.1. The first-order valence-corrected chi connectivity index (χ1v) is 7.44. The molecule has 0 spiro atoms. The van der Waals surface area contributed by atoms with Gasteiger partial charge in [-0.25, -0.2) is 0 Å². The number of H-pyrrole nitrogens is 1. The zero-order chi connectivity index (χ0) is 16.2. The molecule has 0 fully saturated rings. The lowest BCUT2D eigenvalue weighted by Gasteiger charge is -2.14. The van der Waals surface area contributed by atoms with Gasteiger partial charge in [0.2, 0.25) is 5.88 Å². The molecule has 6 heteroatoms. The van der Waals surface area contributed by atoms with Crippen LogP contribution in [0.2, 0.25) is 0 Å². The third-order valence-corrected chi connectivity index (χ3v) is 3.62. The quantitative estimate of drug-likeness (QED) is 0.730. The molecule has 6 nitrogen and oxygen atoms in total. The highest BCUT2D eigenvalue weighted by Gasteiger charge is 2.10. The maximum atomic E-state index is 10.0. The highest BCUT2D eigenvalue weighted by molar-refractivity contribution is 5.85. The average molecular weight is 313 g/mol. The minimum absolute atomic E-state index is 0.0975. The highest BCUT2D eigenvalue weighted by Crippen LogP contribution is 2.24. The first-order valence-electron chi connectivity index (χ1n) is 7.44. The van der Waals surface area contributed by atoms with E-state index in [0.717, 1.165) is 27.9 Å². The number of aromatic amines is 1. The average Bonchev–Trinajstić information content (AvgIpc) is 3.03. The van der Waals surface area contributed by atoms with Crippen LogP contribution in [0.5, 0.6) is 11.6 Å². The van der Waals surface area contributed by atoms with Crippen molar-refractivity contribution in [3.05, 3.63) is 47.8 Å². The fourth-order valence-electron chi connectivity index (χ4n) is 2.19. The normalized spacial score (nSPS) is 12.3. The topological polar surface area (TPSA) is 80.3 Å². The third-order valence-electron chi connectivity index (χ3n) is 3.62. The van der Waals surface area contributed by atoms with E-state index in [0.29, 0.717) is 5.88 Å². The Balaban J connectivity index is 1.54. The number of nitrogens with zero attached hydrogens (tertiary/aromatic N) is 2. The molecular formula is C17H19N3O3. The second kappa shape index (κ2) is 6.66. The summed E-state index contributed by atoms with van der Waals surface area (Å²) in [7, 11) is 0. The summed E-state index contributed by atoms with van der Waals surface area (Å²) >= 11 is 0. The number of benzene rings is 1. The molecule has 0 aliphatic heterocycles. The molecule has 1 aromatic carbocycles. The van der Waals surface area contributed by atoms with Gasteiger partial charge in [-0.1, -0.05) is 6.07 Å². The molecule has 0 aliphatic rings. The monoisotopic (exact) mass is 313 g/mol. The van der Waals surface area contributed by atoms with E-state index in [9.17, 15) is 5.11 Å². The van der Waals surface area contributed by atoms with Gasteiger partial charge in [0, 0.05) is 23.2 Å². The molecular weight excluding hydrogens is 294 g/mol. The molecule has 0 radical (unpaired) electrons. The Morgan fingerprint density at radius 1 is 1.13 bits per heavy atom. The Labute approximate surface area is 134 Å². The van der Waals surface area contributed by atoms with E-state index in [1.54, 1.807) is 6.07 Å². The number of hydrogen-bond donors (Lipinski definition) is 2. The largest absolute Gasteiger partial charge is 0.490 e. The number of aromatic nitrogens is 3. The number of aliphatic hydroxyl groups is 1. The third kappa shape index (κ3) is 3.60. The zero-order valence-electron chi connectivity index (χ0n) is 13.1. The lowest BCUT2D eigenvalue weighted by molar-refractivity contribution is 0.0611. The smallest absolute Gasteiger partial charge is 0.233 e. The molecule has 0 unspecified atom stereocenters. The van der Waals surface area contributed by atoms with Gasteiger partial charge in [-0.15, -0.1) is 5.10 Å². The fraction of sp³-hybridized carbons (Fsp3) is 0.294. The summed E-state index contributed by atoms with van der Waals surface area (Å²) in [5.41, 5.74) is 2.86. The molecule has 3 rings (SSSR count). The Bertz CT molecular complexity index is 801. The van der Waals surface area contributed by atoms with Crippen LogP contribution >= 0.6 is 0 Å². The van der Waals surface area contributed by atoms with Crippen molar-refractivity contribution in [2.45, 2.75) is 20.0 Å². The van der Waals surface area contributed by atoms with Gasteiger partial charge in [0.05, 0.1) is 5.69 Å². The van der Waals surface area contributed by atoms with Gasteiger partial charge < -0.3 is 19.6 Å². The van der Waals surface area contributed by atoms with Gasteiger partial charge in [0.1, 0.15) is 25.1 Å². The number of rotatable bonds is 6. The van der Waals surface area contributed by atoms with Gasteiger partial charge >= 0.3 is 0 Å². The lowest BCUT2D eigenvalue weighted by Crippen LogP contribution is -2.25. The minimum Gasteiger partial charge on any atom is -0.490 e. The van der Waals surface area contributed by atoms with Crippen molar-refractivity contribution in [1.29, 1.82) is 0 Å². The number of aliphatic hydroxyl groups excluding tert-OH is 1. The van der Waals surface area contributed by atoms with Crippen LogP contribution in [0.25, 0.3) is 10.9 Å². The van der Waals surface area contributed by atoms with Crippen molar-refractivity contribution in [1.82, 2.24) is 15.2 Å². The Morgan fingerprint density at radius 2 is 1.96 bits per heavy atom. The molecule has 2 aromatic heterocycles. The second-order valence-corrected chi connectivity index (χ2v) is 5.42. The molecule has 0 bridgehead atoms. The number of nitrogens with one attached hydrogen (secondary N) is 1. The summed E-state index contributed by atoms with van der Waals surface area (Å²) in [4.78, 5) is 3.12. The van der Waals surface area contributed by atoms with Crippen LogP contribution < -0.4 is 9.47 Å². The predicted octanol–water partition coefficient (Wildman–Crippen LogP) is 2.39. The van der Waals surface area contributed by atoms with Crippen LogP contribution in [0.3, 0.4) is 0 Å². The van der Waals surface area contributed by atoms with E-state index in [1.165, 1.54) is 0 Å². The molecule has 0 amide bonds. The molecule has 3 aromatic rings. The van der Waals surface area contributed by atoms with Crippen LogP contribution in [0.1, 0.15) is 11.3 Å². The van der Waals surface area contributed by atoms with E-state index in [1.807, 2.05) is 44.3 Å². The van der Waals surface area contributed by atoms with Crippen molar-refractivity contribution in [3.8, 4) is 11.6 Å². The summed E-state index contributed by atoms with van der Waals surface area (Å²) in [5, 5.41) is 18.9. The van der Waals surface area contributed by atoms with Gasteiger partial charge in [-0.05, 0) is 37.6 Å². The maximum Gasteiger partial charge on any atom is 0.233 e. The van der Waals surface area contributed by atoms with E-state index in [4.69, 9.17) is 9.47 Å². The highest BCUT2D eigenvalue weighted by atomic mass is 16.5. The van der Waals surface area contributed by atoms with Crippen LogP contribution in [0.4, 0.5) is 0 Å². The molecule has 0 saturated heterocycles. The van der Waals surface area contributed by atoms with E-state index in [-0.39, 0.29) is 13.2 Å². The van der Waals surface area contributed by atoms with Gasteiger partial charge in [-0.3, -0.25) is 0 Å². The van der Waals surface area contributed by atoms with Crippen LogP contribution in [-0.4, -0.2) is 39.6 Å². The number of fused-ring (bicyclic) bond motifs is 1. The van der Waals surface area contributed by atoms with Crippen molar-refractivity contribution >= 4 is 10.9 Å². The van der Waals surface area contributed by atoms with Crippen LogP contribution in [-0.2, 0) is 0 Å². The summed E-state index contributed by atoms with van der Waals surface area (Å²) < 4.78 is 11.1. The van der Waals surface area contributed by atoms with Crippen molar-refractivity contribution in [3.63, 3.8) is 0 Å². The maximum absolute atomic E-state index is 10.0. The van der Waals surface area contributed by atoms with E-state index >= 15 is 0 Å². The molecule has 120 valence electrons. The Hall–Kier alpha value is -2.60. The second-order valence-electron chi connectivity index (χ2n) is 5.42. The van der Waals surface area contributed by atoms with E-state index < -0.39 is 6.10 Å². The van der Waals surface area contributed by atoms with Gasteiger partial charge in [0.25, 0.3) is 0 Å². The molecule has 2 heterocycles. The summed E-state index contributed by atoms with van der Waals surface area (Å²) in [6.45, 7) is 4.06. The van der Waals surface area contributed by atoms with Crippen molar-refractivity contribution in [2.24, 2.45) is 0 Å². The predicted molar refractivity (Wildman–Crippen MR) is 86.8 cm³/mol. The lowest BCUT2D eigenvalue weighted by atomic mass is 10.2. The standard InChI is InChI=1S/C17H19N3O3/c1-11-8-17(20-19-12(11)2)23-10-13(21)9-22-16-5-3-4-15-14(16)6-7-18-15/h3-8,13,18,21H,9-10H2,1-2H3/t13-/m0/s1. The van der Waals surface area contributed by atoms with E-state index in [2.05, 4.69) is 15.2 Å². The van der Waals surface area contributed by atoms with Crippen LogP contribution in [0, 0.1) is 13.8 Å². The molecule has 23 heavy (non-hydrogen) atoms. The zero-order valence-corrected chi connectivity index (χ0v) is 13.1. The SMILES string of the molecule is Cc1cc(OC[C@@H](O)COc2cccc3[nH]ccc23)nnc1C. The molecule has 0 aliphatic carbocycles.